The van der Waals surface area contributed by atoms with Gasteiger partial charge >= 0.3 is 0 Å². The first kappa shape index (κ1) is 16.0. The zero-order valence-electron chi connectivity index (χ0n) is 11.5. The lowest BCUT2D eigenvalue weighted by molar-refractivity contribution is 0.0282. The predicted octanol–water partition coefficient (Wildman–Crippen LogP) is 2.22. The highest BCUT2D eigenvalue weighted by Crippen LogP contribution is 2.25. The highest BCUT2D eigenvalue weighted by molar-refractivity contribution is 14.0. The van der Waals surface area contributed by atoms with Crippen LogP contribution in [0.1, 0.15) is 39.5 Å². The van der Waals surface area contributed by atoms with E-state index in [1.807, 2.05) is 0 Å². The van der Waals surface area contributed by atoms with Crippen molar-refractivity contribution in [1.29, 1.82) is 0 Å². The molecule has 0 radical (unpaired) electrons. The number of likely N-dealkylation sites (tertiary alicyclic amines) is 1. The molecule has 0 aromatic rings. The normalized spacial score (nSPS) is 33.3. The maximum Gasteiger partial charge on any atom is 0.191 e. The van der Waals surface area contributed by atoms with Crippen LogP contribution < -0.4 is 5.73 Å². The summed E-state index contributed by atoms with van der Waals surface area (Å²) in [4.78, 5) is 6.75. The molecule has 4 nitrogen and oxygen atoms in total. The van der Waals surface area contributed by atoms with E-state index < -0.39 is 0 Å². The van der Waals surface area contributed by atoms with Crippen LogP contribution in [-0.4, -0.2) is 42.7 Å². The molecule has 0 amide bonds. The molecule has 0 aromatic carbocycles. The first-order valence-corrected chi connectivity index (χ1v) is 6.78. The predicted molar refractivity (Wildman–Crippen MR) is 85.5 cm³/mol. The zero-order chi connectivity index (χ0) is 12.3. The summed E-state index contributed by atoms with van der Waals surface area (Å²) >= 11 is 0. The fraction of sp³-hybridized carbons (Fsp3) is 0.923. The van der Waals surface area contributed by atoms with Crippen LogP contribution in [0.2, 0.25) is 0 Å². The Morgan fingerprint density at radius 3 is 2.89 bits per heavy atom. The third kappa shape index (κ3) is 4.26. The standard InChI is InChI=1S/C13H25N3O.HI/c1-11-5-3-7-16(9-11)12(14)15-10-13(2)6-4-8-17-13;/h11H,3-10H2,1-2H3,(H2,14,15);1H. The van der Waals surface area contributed by atoms with Crippen molar-refractivity contribution in [2.75, 3.05) is 26.2 Å². The van der Waals surface area contributed by atoms with E-state index in [0.29, 0.717) is 12.5 Å². The van der Waals surface area contributed by atoms with Crippen LogP contribution in [0.5, 0.6) is 0 Å². The molecule has 0 saturated carbocycles. The van der Waals surface area contributed by atoms with Gasteiger partial charge in [0.2, 0.25) is 0 Å². The van der Waals surface area contributed by atoms with Crippen LogP contribution in [0.25, 0.3) is 0 Å². The second-order valence-corrected chi connectivity index (χ2v) is 5.77. The molecule has 0 spiro atoms. The van der Waals surface area contributed by atoms with Crippen LogP contribution in [0, 0.1) is 5.92 Å². The molecule has 2 fully saturated rings. The van der Waals surface area contributed by atoms with E-state index in [9.17, 15) is 0 Å². The lowest BCUT2D eigenvalue weighted by atomic mass is 10.0. The van der Waals surface area contributed by atoms with E-state index in [4.69, 9.17) is 10.5 Å². The van der Waals surface area contributed by atoms with Crippen molar-refractivity contribution >= 4 is 29.9 Å². The number of rotatable bonds is 2. The molecular formula is C13H26IN3O. The monoisotopic (exact) mass is 367 g/mol. The van der Waals surface area contributed by atoms with Crippen LogP contribution in [0.15, 0.2) is 4.99 Å². The molecule has 106 valence electrons. The molecule has 2 N–H and O–H groups in total. The Labute approximate surface area is 127 Å². The molecule has 18 heavy (non-hydrogen) atoms. The summed E-state index contributed by atoms with van der Waals surface area (Å²) < 4.78 is 5.72. The Kier molecular flexibility index (Phi) is 6.17. The number of halogens is 1. The number of hydrogen-bond acceptors (Lipinski definition) is 2. The van der Waals surface area contributed by atoms with E-state index in [1.54, 1.807) is 0 Å². The SMILES string of the molecule is CC1CCCN(C(N)=NCC2(C)CCCO2)C1.I. The summed E-state index contributed by atoms with van der Waals surface area (Å²) in [6.07, 6.45) is 4.78. The molecule has 0 aliphatic carbocycles. The van der Waals surface area contributed by atoms with Gasteiger partial charge in [-0.1, -0.05) is 6.92 Å². The second-order valence-electron chi connectivity index (χ2n) is 5.77. The van der Waals surface area contributed by atoms with Crippen molar-refractivity contribution in [1.82, 2.24) is 4.90 Å². The molecule has 0 aromatic heterocycles. The Hall–Kier alpha value is -0.0400. The van der Waals surface area contributed by atoms with Gasteiger partial charge in [-0.15, -0.1) is 24.0 Å². The van der Waals surface area contributed by atoms with Gasteiger partial charge in [0.1, 0.15) is 0 Å². The van der Waals surface area contributed by atoms with Crippen LogP contribution in [-0.2, 0) is 4.74 Å². The van der Waals surface area contributed by atoms with Crippen molar-refractivity contribution < 1.29 is 4.74 Å². The van der Waals surface area contributed by atoms with Crippen LogP contribution in [0.4, 0.5) is 0 Å². The Morgan fingerprint density at radius 1 is 1.50 bits per heavy atom. The Bertz CT molecular complexity index is 290. The van der Waals surface area contributed by atoms with Gasteiger partial charge in [-0.2, -0.15) is 0 Å². The number of hydrogen-bond donors (Lipinski definition) is 1. The summed E-state index contributed by atoms with van der Waals surface area (Å²) in [6, 6.07) is 0. The molecule has 2 atom stereocenters. The Balaban J connectivity index is 0.00000162. The van der Waals surface area contributed by atoms with E-state index in [1.165, 1.54) is 12.8 Å². The molecule has 0 bridgehead atoms. The number of piperidine rings is 1. The molecule has 2 aliphatic rings. The lowest BCUT2D eigenvalue weighted by Gasteiger charge is -2.32. The molecule has 2 aliphatic heterocycles. The summed E-state index contributed by atoms with van der Waals surface area (Å²) in [5, 5.41) is 0. The van der Waals surface area contributed by atoms with Crippen LogP contribution in [0.3, 0.4) is 0 Å². The number of nitrogens with two attached hydrogens (primary N) is 1. The van der Waals surface area contributed by atoms with Crippen LogP contribution >= 0.6 is 24.0 Å². The van der Waals surface area contributed by atoms with Gasteiger partial charge in [-0.25, -0.2) is 0 Å². The van der Waals surface area contributed by atoms with E-state index >= 15 is 0 Å². The number of nitrogens with zero attached hydrogens (tertiary/aromatic N) is 2. The lowest BCUT2D eigenvalue weighted by Crippen LogP contribution is -2.44. The summed E-state index contributed by atoms with van der Waals surface area (Å²) in [5.74, 6) is 1.43. The van der Waals surface area contributed by atoms with E-state index in [2.05, 4.69) is 23.7 Å². The van der Waals surface area contributed by atoms with Gasteiger partial charge in [0.15, 0.2) is 5.96 Å². The molecule has 2 saturated heterocycles. The zero-order valence-corrected chi connectivity index (χ0v) is 13.9. The maximum atomic E-state index is 6.07. The van der Waals surface area contributed by atoms with Gasteiger partial charge in [-0.05, 0) is 38.5 Å². The molecule has 2 unspecified atom stereocenters. The average molecular weight is 367 g/mol. The largest absolute Gasteiger partial charge is 0.373 e. The third-order valence-electron chi connectivity index (χ3n) is 3.86. The summed E-state index contributed by atoms with van der Waals surface area (Å²) in [5.41, 5.74) is 5.99. The van der Waals surface area contributed by atoms with Crippen molar-refractivity contribution in [2.24, 2.45) is 16.6 Å². The number of ether oxygens (including phenoxy) is 1. The van der Waals surface area contributed by atoms with Crippen molar-refractivity contribution in [2.45, 2.75) is 45.1 Å². The number of aliphatic imine (C=N–C) groups is 1. The third-order valence-corrected chi connectivity index (χ3v) is 3.86. The fourth-order valence-electron chi connectivity index (χ4n) is 2.71. The average Bonchev–Trinajstić information content (AvgIpc) is 2.74. The molecule has 2 rings (SSSR count). The minimum Gasteiger partial charge on any atom is -0.373 e. The maximum absolute atomic E-state index is 6.07. The van der Waals surface area contributed by atoms with Crippen molar-refractivity contribution in [3.63, 3.8) is 0 Å². The molecule has 2 heterocycles. The smallest absolute Gasteiger partial charge is 0.191 e. The number of guanidine groups is 1. The summed E-state index contributed by atoms with van der Waals surface area (Å²) in [7, 11) is 0. The minimum absolute atomic E-state index is 0. The first-order valence-electron chi connectivity index (χ1n) is 6.78. The summed E-state index contributed by atoms with van der Waals surface area (Å²) in [6.45, 7) is 8.08. The van der Waals surface area contributed by atoms with Gasteiger partial charge < -0.3 is 15.4 Å². The highest BCUT2D eigenvalue weighted by Gasteiger charge is 2.29. The van der Waals surface area contributed by atoms with Gasteiger partial charge in [0.25, 0.3) is 0 Å². The molecular weight excluding hydrogens is 341 g/mol. The second kappa shape index (κ2) is 6.93. The van der Waals surface area contributed by atoms with E-state index in [0.717, 1.165) is 38.5 Å². The quantitative estimate of drug-likeness (QED) is 0.463. The van der Waals surface area contributed by atoms with Gasteiger partial charge in [-0.3, -0.25) is 4.99 Å². The van der Waals surface area contributed by atoms with Crippen molar-refractivity contribution in [3.05, 3.63) is 0 Å². The van der Waals surface area contributed by atoms with Gasteiger partial charge in [0, 0.05) is 19.7 Å². The van der Waals surface area contributed by atoms with E-state index in [-0.39, 0.29) is 29.6 Å². The highest BCUT2D eigenvalue weighted by atomic mass is 127. The fourth-order valence-corrected chi connectivity index (χ4v) is 2.71. The van der Waals surface area contributed by atoms with Crippen molar-refractivity contribution in [3.8, 4) is 0 Å². The molecule has 5 heteroatoms. The van der Waals surface area contributed by atoms with Gasteiger partial charge in [0.05, 0.1) is 12.1 Å². The minimum atomic E-state index is -0.0774. The topological polar surface area (TPSA) is 50.8 Å². The Morgan fingerprint density at radius 2 is 2.28 bits per heavy atom. The first-order chi connectivity index (χ1) is 8.09.